The first-order chi connectivity index (χ1) is 7.11. The fourth-order valence-electron chi connectivity index (χ4n) is 2.14. The van der Waals surface area contributed by atoms with Gasteiger partial charge in [0.25, 0.3) is 0 Å². The van der Waals surface area contributed by atoms with Crippen molar-refractivity contribution in [2.24, 2.45) is 0 Å². The van der Waals surface area contributed by atoms with E-state index in [0.717, 1.165) is 29.9 Å². The van der Waals surface area contributed by atoms with Crippen LogP contribution in [0.4, 0.5) is 0 Å². The van der Waals surface area contributed by atoms with E-state index in [1.807, 2.05) is 6.92 Å². The van der Waals surface area contributed by atoms with Gasteiger partial charge in [0.05, 0.1) is 0 Å². The third-order valence-corrected chi connectivity index (χ3v) is 4.05. The average Bonchev–Trinajstić information content (AvgIpc) is 2.16. The molecule has 88 valence electrons. The number of hydrogen-bond acceptors (Lipinski definition) is 3. The molecule has 0 aromatic rings. The molecule has 0 saturated carbocycles. The third-order valence-electron chi connectivity index (χ3n) is 2.82. The highest BCUT2D eigenvalue weighted by atomic mass is 32.2. The Balaban J connectivity index is 2.17. The van der Waals surface area contributed by atoms with Gasteiger partial charge in [-0.15, -0.1) is 0 Å². The van der Waals surface area contributed by atoms with Crippen LogP contribution in [0.3, 0.4) is 0 Å². The minimum atomic E-state index is 0.405. The summed E-state index contributed by atoms with van der Waals surface area (Å²) in [6, 6.07) is 0. The van der Waals surface area contributed by atoms with Gasteiger partial charge in [0, 0.05) is 36.4 Å². The molecule has 1 heterocycles. The molecule has 0 aliphatic carbocycles. The van der Waals surface area contributed by atoms with Gasteiger partial charge in [-0.3, -0.25) is 4.79 Å². The average molecular weight is 229 g/mol. The maximum atomic E-state index is 11.2. The maximum absolute atomic E-state index is 11.2. The number of carbonyl (C=O) groups is 1. The molecule has 15 heavy (non-hydrogen) atoms. The summed E-state index contributed by atoms with van der Waals surface area (Å²) in [5, 5.41) is 1.49. The number of ketones is 1. The third kappa shape index (κ3) is 5.03. The van der Waals surface area contributed by atoms with Crippen LogP contribution in [0.1, 0.15) is 40.0 Å². The van der Waals surface area contributed by atoms with E-state index in [-0.39, 0.29) is 0 Å². The first-order valence-electron chi connectivity index (χ1n) is 6.01. The summed E-state index contributed by atoms with van der Waals surface area (Å²) in [4.78, 5) is 13.7. The molecular formula is C12H23NOS. The van der Waals surface area contributed by atoms with Crippen LogP contribution < -0.4 is 0 Å². The van der Waals surface area contributed by atoms with E-state index < -0.39 is 0 Å². The number of Topliss-reactive ketones (excluding diaryl/α,β-unsaturated/α-hetero) is 1. The molecule has 0 spiro atoms. The molecule has 0 radical (unpaired) electrons. The van der Waals surface area contributed by atoms with Crippen molar-refractivity contribution < 1.29 is 4.79 Å². The van der Waals surface area contributed by atoms with Crippen molar-refractivity contribution in [3.8, 4) is 0 Å². The molecule has 1 saturated heterocycles. The molecule has 3 heteroatoms. The smallest absolute Gasteiger partial charge is 0.132 e. The van der Waals surface area contributed by atoms with Gasteiger partial charge in [-0.1, -0.05) is 20.8 Å². The minimum Gasteiger partial charge on any atom is -0.301 e. The molecule has 2 nitrogen and oxygen atoms in total. The molecule has 1 aliphatic heterocycles. The molecule has 0 amide bonds. The van der Waals surface area contributed by atoms with Gasteiger partial charge >= 0.3 is 0 Å². The second kappa shape index (κ2) is 6.54. The highest BCUT2D eigenvalue weighted by Gasteiger charge is 2.21. The van der Waals surface area contributed by atoms with Crippen molar-refractivity contribution in [2.45, 2.75) is 50.5 Å². The van der Waals surface area contributed by atoms with Gasteiger partial charge in [0.2, 0.25) is 0 Å². The summed E-state index contributed by atoms with van der Waals surface area (Å²) < 4.78 is 0. The zero-order chi connectivity index (χ0) is 11.3. The summed E-state index contributed by atoms with van der Waals surface area (Å²) in [6.07, 6.45) is 2.50. The van der Waals surface area contributed by atoms with E-state index in [9.17, 15) is 4.79 Å². The Bertz CT molecular complexity index is 198. The molecule has 1 aliphatic rings. The minimum absolute atomic E-state index is 0.405. The lowest BCUT2D eigenvalue weighted by atomic mass is 10.1. The number of rotatable bonds is 5. The first-order valence-corrected chi connectivity index (χ1v) is 6.95. The van der Waals surface area contributed by atoms with Gasteiger partial charge in [0.1, 0.15) is 5.78 Å². The monoisotopic (exact) mass is 229 g/mol. The van der Waals surface area contributed by atoms with Gasteiger partial charge in [-0.05, 0) is 13.0 Å². The SMILES string of the molecule is CCC(=O)CCCN1CC(C)SC(C)C1. The Morgan fingerprint density at radius 3 is 2.47 bits per heavy atom. The topological polar surface area (TPSA) is 20.3 Å². The predicted molar refractivity (Wildman–Crippen MR) is 67.5 cm³/mol. The lowest BCUT2D eigenvalue weighted by molar-refractivity contribution is -0.118. The van der Waals surface area contributed by atoms with Gasteiger partial charge in [-0.2, -0.15) is 11.8 Å². The van der Waals surface area contributed by atoms with E-state index >= 15 is 0 Å². The number of thioether (sulfide) groups is 1. The van der Waals surface area contributed by atoms with Crippen molar-refractivity contribution in [3.05, 3.63) is 0 Å². The van der Waals surface area contributed by atoms with Crippen LogP contribution in [0.2, 0.25) is 0 Å². The fraction of sp³-hybridized carbons (Fsp3) is 0.917. The Morgan fingerprint density at radius 1 is 1.33 bits per heavy atom. The molecule has 1 fully saturated rings. The highest BCUT2D eigenvalue weighted by molar-refractivity contribution is 8.00. The van der Waals surface area contributed by atoms with E-state index in [0.29, 0.717) is 12.2 Å². The van der Waals surface area contributed by atoms with Gasteiger partial charge < -0.3 is 4.90 Å². The summed E-state index contributed by atoms with van der Waals surface area (Å²) in [7, 11) is 0. The van der Waals surface area contributed by atoms with Gasteiger partial charge in [0.15, 0.2) is 0 Å². The lowest BCUT2D eigenvalue weighted by Crippen LogP contribution is -2.40. The van der Waals surface area contributed by atoms with Crippen LogP contribution in [0.5, 0.6) is 0 Å². The second-order valence-corrected chi connectivity index (χ2v) is 6.39. The molecule has 2 atom stereocenters. The Hall–Kier alpha value is -0.0200. The molecule has 0 N–H and O–H groups in total. The van der Waals surface area contributed by atoms with Crippen molar-refractivity contribution in [2.75, 3.05) is 19.6 Å². The summed E-state index contributed by atoms with van der Waals surface area (Å²) >= 11 is 2.08. The number of nitrogens with zero attached hydrogens (tertiary/aromatic N) is 1. The van der Waals surface area contributed by atoms with Crippen LogP contribution in [-0.2, 0) is 4.79 Å². The second-order valence-electron chi connectivity index (χ2n) is 4.51. The van der Waals surface area contributed by atoms with Gasteiger partial charge in [-0.25, -0.2) is 0 Å². The standard InChI is InChI=1S/C12H23NOS/c1-4-12(14)6-5-7-13-8-10(2)15-11(3)9-13/h10-11H,4-9H2,1-3H3. The predicted octanol–water partition coefficient (Wildman–Crippen LogP) is 2.57. The van der Waals surface area contributed by atoms with Crippen LogP contribution in [0.25, 0.3) is 0 Å². The van der Waals surface area contributed by atoms with Crippen molar-refractivity contribution in [3.63, 3.8) is 0 Å². The number of carbonyl (C=O) groups excluding carboxylic acids is 1. The largest absolute Gasteiger partial charge is 0.301 e. The normalized spacial score (nSPS) is 27.9. The van der Waals surface area contributed by atoms with Crippen LogP contribution in [-0.4, -0.2) is 40.8 Å². The lowest BCUT2D eigenvalue weighted by Gasteiger charge is -2.34. The molecular weight excluding hydrogens is 206 g/mol. The maximum Gasteiger partial charge on any atom is 0.132 e. The molecule has 0 bridgehead atoms. The van der Waals surface area contributed by atoms with Crippen LogP contribution in [0.15, 0.2) is 0 Å². The van der Waals surface area contributed by atoms with E-state index in [1.165, 1.54) is 13.1 Å². The summed E-state index contributed by atoms with van der Waals surface area (Å²) in [6.45, 7) is 10.0. The molecule has 0 aromatic carbocycles. The summed E-state index contributed by atoms with van der Waals surface area (Å²) in [5.74, 6) is 0.405. The van der Waals surface area contributed by atoms with Crippen molar-refractivity contribution in [1.29, 1.82) is 0 Å². The van der Waals surface area contributed by atoms with Crippen molar-refractivity contribution >= 4 is 17.5 Å². The highest BCUT2D eigenvalue weighted by Crippen LogP contribution is 2.24. The van der Waals surface area contributed by atoms with Crippen LogP contribution in [0, 0.1) is 0 Å². The Kier molecular flexibility index (Phi) is 5.69. The van der Waals surface area contributed by atoms with E-state index in [4.69, 9.17) is 0 Å². The molecule has 2 unspecified atom stereocenters. The van der Waals surface area contributed by atoms with Crippen LogP contribution >= 0.6 is 11.8 Å². The first kappa shape index (κ1) is 13.0. The zero-order valence-corrected chi connectivity index (χ0v) is 11.0. The quantitative estimate of drug-likeness (QED) is 0.722. The van der Waals surface area contributed by atoms with Crippen molar-refractivity contribution in [1.82, 2.24) is 4.90 Å². The van der Waals surface area contributed by atoms with E-state index in [1.54, 1.807) is 0 Å². The van der Waals surface area contributed by atoms with E-state index in [2.05, 4.69) is 30.5 Å². The summed E-state index contributed by atoms with van der Waals surface area (Å²) in [5.41, 5.74) is 0. The molecule has 1 rings (SSSR count). The number of hydrogen-bond donors (Lipinski definition) is 0. The Morgan fingerprint density at radius 2 is 1.93 bits per heavy atom. The zero-order valence-electron chi connectivity index (χ0n) is 10.2. The Labute approximate surface area is 97.8 Å². The fourth-order valence-corrected chi connectivity index (χ4v) is 3.53. The molecule has 0 aromatic heterocycles.